The zero-order valence-electron chi connectivity index (χ0n) is 2.60. The highest BCUT2D eigenvalue weighted by atomic mass is 16.5. The third-order valence-corrected chi connectivity index (χ3v) is 0.141. The molecule has 0 aromatic carbocycles. The normalized spacial score (nSPS) is 7.50. The lowest BCUT2D eigenvalue weighted by Gasteiger charge is -1.46. The Morgan fingerprint density at radius 3 is 2.25 bits per heavy atom. The van der Waals surface area contributed by atoms with E-state index < -0.39 is 0 Å². The van der Waals surface area contributed by atoms with Crippen LogP contribution in [0.3, 0.4) is 0 Å². The molecule has 1 N–H and O–H groups in total. The van der Waals surface area contributed by atoms with Crippen LogP contribution in [0.4, 0.5) is 0 Å². The van der Waals surface area contributed by atoms with Crippen molar-refractivity contribution in [1.82, 2.24) is 5.48 Å². The first-order chi connectivity index (χ1) is 1.91. The molecule has 24 valence electrons. The molecule has 0 aromatic rings. The van der Waals surface area contributed by atoms with Crippen LogP contribution in [0.15, 0.2) is 0 Å². The number of nitrogens with zero attached hydrogens (tertiary/aromatic N) is 1. The molecule has 0 spiro atoms. The Balaban J connectivity index is 1.97. The van der Waals surface area contributed by atoms with Gasteiger partial charge in [0, 0.05) is 6.92 Å². The van der Waals surface area contributed by atoms with E-state index in [1.54, 1.807) is 6.92 Å². The summed E-state index contributed by atoms with van der Waals surface area (Å²) >= 11 is 0. The number of hydroxylamine groups is 1. The van der Waals surface area contributed by atoms with E-state index in [4.69, 9.17) is 5.21 Å². The van der Waals surface area contributed by atoms with Crippen LogP contribution < -0.4 is 5.48 Å². The number of rotatable bonds is 1. The SMILES string of the molecule is CC[N+]O. The monoisotopic (exact) mass is 60.0 g/mol. The molecule has 0 bridgehead atoms. The molecule has 0 aliphatic heterocycles. The average Bonchev–Trinajstić information content (AvgIpc) is 1.37. The molecule has 0 fully saturated rings. The molecule has 0 atom stereocenters. The van der Waals surface area contributed by atoms with Crippen molar-refractivity contribution in [3.8, 4) is 0 Å². The molecule has 0 amide bonds. The van der Waals surface area contributed by atoms with Gasteiger partial charge in [-0.2, -0.15) is 0 Å². The van der Waals surface area contributed by atoms with Gasteiger partial charge in [0.15, 0.2) is 0 Å². The largest absolute Gasteiger partial charge is 0.262 e. The minimum atomic E-state index is 0.500. The van der Waals surface area contributed by atoms with Crippen LogP contribution in [0.2, 0.25) is 0 Å². The van der Waals surface area contributed by atoms with Gasteiger partial charge in [-0.3, -0.25) is 0 Å². The van der Waals surface area contributed by atoms with Gasteiger partial charge < -0.3 is 0 Å². The van der Waals surface area contributed by atoms with Gasteiger partial charge in [0.1, 0.15) is 0 Å². The molecule has 0 aromatic heterocycles. The molecule has 4 heavy (non-hydrogen) atoms. The molecule has 0 unspecified atom stereocenters. The molecule has 0 aliphatic carbocycles. The Hall–Kier alpha value is -0.0800. The maximum absolute atomic E-state index is 7.50. The minimum Gasteiger partial charge on any atom is -0.100 e. The van der Waals surface area contributed by atoms with Crippen LogP contribution >= 0.6 is 0 Å². The summed E-state index contributed by atoms with van der Waals surface area (Å²) in [4.78, 5) is 0. The van der Waals surface area contributed by atoms with Crippen molar-refractivity contribution >= 4 is 0 Å². The summed E-state index contributed by atoms with van der Waals surface area (Å²) in [5, 5.41) is 7.50. The van der Waals surface area contributed by atoms with Gasteiger partial charge in [-0.05, 0) is 0 Å². The Morgan fingerprint density at radius 2 is 2.25 bits per heavy atom. The molecular formula is C2H6NO+. The molecular weight excluding hydrogens is 54.0 g/mol. The van der Waals surface area contributed by atoms with Crippen LogP contribution in [0.5, 0.6) is 0 Å². The van der Waals surface area contributed by atoms with Crippen molar-refractivity contribution in [2.45, 2.75) is 6.92 Å². The van der Waals surface area contributed by atoms with E-state index in [0.29, 0.717) is 6.54 Å². The van der Waals surface area contributed by atoms with Crippen molar-refractivity contribution in [2.24, 2.45) is 0 Å². The second-order valence-electron chi connectivity index (χ2n) is 0.458. The van der Waals surface area contributed by atoms with E-state index in [9.17, 15) is 0 Å². The van der Waals surface area contributed by atoms with Gasteiger partial charge in [-0.25, -0.2) is 0 Å². The van der Waals surface area contributed by atoms with Crippen LogP contribution in [0.25, 0.3) is 0 Å². The van der Waals surface area contributed by atoms with E-state index >= 15 is 0 Å². The fourth-order valence-electron chi connectivity index (χ4n) is 0. The van der Waals surface area contributed by atoms with Crippen molar-refractivity contribution in [3.05, 3.63) is 0 Å². The van der Waals surface area contributed by atoms with Crippen LogP contribution in [-0.4, -0.2) is 11.8 Å². The van der Waals surface area contributed by atoms with E-state index in [1.807, 2.05) is 0 Å². The third-order valence-electron chi connectivity index (χ3n) is 0.141. The Morgan fingerprint density at radius 1 is 2.00 bits per heavy atom. The minimum absolute atomic E-state index is 0.500. The van der Waals surface area contributed by atoms with E-state index in [2.05, 4.69) is 5.48 Å². The lowest BCUT2D eigenvalue weighted by atomic mass is 10.8. The maximum atomic E-state index is 7.50. The van der Waals surface area contributed by atoms with Gasteiger partial charge >= 0.3 is 0 Å². The highest BCUT2D eigenvalue weighted by molar-refractivity contribution is 4.04. The molecule has 0 aliphatic rings. The molecule has 0 saturated carbocycles. The zero-order valence-corrected chi connectivity index (χ0v) is 2.60. The van der Waals surface area contributed by atoms with E-state index in [1.165, 1.54) is 0 Å². The predicted octanol–water partition coefficient (Wildman–Crippen LogP) is -0.000100. The summed E-state index contributed by atoms with van der Waals surface area (Å²) in [7, 11) is 0. The molecule has 0 heterocycles. The fourth-order valence-corrected chi connectivity index (χ4v) is 0. The van der Waals surface area contributed by atoms with Crippen LogP contribution in [0, 0.1) is 0 Å². The van der Waals surface area contributed by atoms with Gasteiger partial charge in [0.2, 0.25) is 6.54 Å². The lowest BCUT2D eigenvalue weighted by molar-refractivity contribution is 0.162. The first-order valence-corrected chi connectivity index (χ1v) is 1.22. The zero-order chi connectivity index (χ0) is 3.41. The first-order valence-electron chi connectivity index (χ1n) is 1.22. The number of hydrogen-bond donors (Lipinski definition) is 1. The Labute approximate surface area is 25.4 Å². The van der Waals surface area contributed by atoms with E-state index in [-0.39, 0.29) is 0 Å². The fraction of sp³-hybridized carbons (Fsp3) is 1.00. The van der Waals surface area contributed by atoms with Gasteiger partial charge in [0.25, 0.3) is 5.48 Å². The lowest BCUT2D eigenvalue weighted by Crippen LogP contribution is -1.91. The highest BCUT2D eigenvalue weighted by Gasteiger charge is 1.79. The molecule has 2 heteroatoms. The highest BCUT2D eigenvalue weighted by Crippen LogP contribution is 1.39. The van der Waals surface area contributed by atoms with Crippen molar-refractivity contribution in [2.75, 3.05) is 6.54 Å². The second-order valence-corrected chi connectivity index (χ2v) is 0.458. The van der Waals surface area contributed by atoms with Crippen LogP contribution in [0.1, 0.15) is 6.92 Å². The van der Waals surface area contributed by atoms with Crippen molar-refractivity contribution < 1.29 is 5.21 Å². The molecule has 2 radical (unpaired) electrons. The molecule has 0 rings (SSSR count). The quantitative estimate of drug-likeness (QED) is 0.425. The van der Waals surface area contributed by atoms with Crippen molar-refractivity contribution in [3.63, 3.8) is 0 Å². The summed E-state index contributed by atoms with van der Waals surface area (Å²) in [5.74, 6) is 0. The molecule has 2 nitrogen and oxygen atoms in total. The van der Waals surface area contributed by atoms with E-state index in [0.717, 1.165) is 0 Å². The smallest absolute Gasteiger partial charge is 0.100 e. The maximum Gasteiger partial charge on any atom is 0.262 e. The summed E-state index contributed by atoms with van der Waals surface area (Å²) in [6.07, 6.45) is 0. The summed E-state index contributed by atoms with van der Waals surface area (Å²) in [5.41, 5.74) is 2.74. The summed E-state index contributed by atoms with van der Waals surface area (Å²) < 4.78 is 0. The number of hydrogen-bond acceptors (Lipinski definition) is 1. The van der Waals surface area contributed by atoms with Crippen LogP contribution in [-0.2, 0) is 0 Å². The van der Waals surface area contributed by atoms with Gasteiger partial charge in [0.05, 0.1) is 0 Å². The summed E-state index contributed by atoms with van der Waals surface area (Å²) in [6.45, 7) is 2.26. The van der Waals surface area contributed by atoms with Gasteiger partial charge in [-0.15, -0.1) is 5.21 Å². The first kappa shape index (κ1) is 3.92. The standard InChI is InChI=1S/C2H6NO/c1-2-3-4/h4H,2H2,1H3/q+1. The Bertz CT molecular complexity index is 8.00. The summed E-state index contributed by atoms with van der Waals surface area (Å²) in [6, 6.07) is 0. The third kappa shape index (κ3) is 1.92. The predicted molar refractivity (Wildman–Crippen MR) is 14.5 cm³/mol. The van der Waals surface area contributed by atoms with Crippen molar-refractivity contribution in [1.29, 1.82) is 0 Å². The topological polar surface area (TPSA) is 34.3 Å². The Kier molecular flexibility index (Phi) is 2.86. The van der Waals surface area contributed by atoms with Gasteiger partial charge in [-0.1, -0.05) is 0 Å². The second kappa shape index (κ2) is 2.92. The molecule has 0 saturated heterocycles. The average molecular weight is 60.1 g/mol.